The van der Waals surface area contributed by atoms with Crippen molar-refractivity contribution in [3.05, 3.63) is 65.7 Å². The van der Waals surface area contributed by atoms with Crippen LogP contribution in [0.4, 0.5) is 0 Å². The van der Waals surface area contributed by atoms with Crippen molar-refractivity contribution in [1.29, 1.82) is 0 Å². The van der Waals surface area contributed by atoms with Gasteiger partial charge in [-0.25, -0.2) is 8.42 Å². The van der Waals surface area contributed by atoms with Gasteiger partial charge < -0.3 is 10.6 Å². The van der Waals surface area contributed by atoms with Crippen molar-refractivity contribution in [3.63, 3.8) is 0 Å². The lowest BCUT2D eigenvalue weighted by Gasteiger charge is -2.27. The molecule has 0 spiro atoms. The summed E-state index contributed by atoms with van der Waals surface area (Å²) in [5.74, 6) is 0.0519. The van der Waals surface area contributed by atoms with E-state index < -0.39 is 16.1 Å². The highest BCUT2D eigenvalue weighted by atomic mass is 32.2. The lowest BCUT2D eigenvalue weighted by molar-refractivity contribution is -0.123. The van der Waals surface area contributed by atoms with E-state index in [1.165, 1.54) is 4.31 Å². The number of thioether (sulfide) groups is 1. The number of amides is 2. The molecule has 0 aromatic heterocycles. The van der Waals surface area contributed by atoms with Gasteiger partial charge in [-0.3, -0.25) is 9.59 Å². The Hall–Kier alpha value is -2.36. The average molecular weight is 490 g/mol. The fourth-order valence-electron chi connectivity index (χ4n) is 3.79. The van der Waals surface area contributed by atoms with Gasteiger partial charge >= 0.3 is 0 Å². The Morgan fingerprint density at radius 2 is 1.67 bits per heavy atom. The molecule has 0 bridgehead atoms. The minimum Gasteiger partial charge on any atom is -0.350 e. The summed E-state index contributed by atoms with van der Waals surface area (Å²) in [5.41, 5.74) is 1.02. The van der Waals surface area contributed by atoms with Gasteiger partial charge in [0, 0.05) is 25.2 Å². The van der Waals surface area contributed by atoms with E-state index in [0.717, 1.165) is 19.3 Å². The van der Waals surface area contributed by atoms with Gasteiger partial charge in [0.25, 0.3) is 5.91 Å². The lowest BCUT2D eigenvalue weighted by Crippen LogP contribution is -2.47. The number of rotatable bonds is 10. The smallest absolute Gasteiger partial charge is 0.251 e. The molecule has 2 N–H and O–H groups in total. The van der Waals surface area contributed by atoms with Crippen molar-refractivity contribution < 1.29 is 18.0 Å². The van der Waals surface area contributed by atoms with Crippen molar-refractivity contribution >= 4 is 33.6 Å². The minimum absolute atomic E-state index is 0.0685. The molecule has 3 rings (SSSR count). The monoisotopic (exact) mass is 489 g/mol. The van der Waals surface area contributed by atoms with Gasteiger partial charge in [0.1, 0.15) is 6.04 Å². The molecular formula is C24H31N3O4S2. The van der Waals surface area contributed by atoms with Crippen molar-refractivity contribution in [2.75, 3.05) is 25.1 Å². The van der Waals surface area contributed by atoms with Crippen molar-refractivity contribution in [3.8, 4) is 0 Å². The molecule has 1 aliphatic heterocycles. The first kappa shape index (κ1) is 25.3. The summed E-state index contributed by atoms with van der Waals surface area (Å²) in [7, 11) is -3.62. The predicted octanol–water partition coefficient (Wildman–Crippen LogP) is 3.03. The van der Waals surface area contributed by atoms with Crippen LogP contribution in [0.1, 0.15) is 41.6 Å². The highest BCUT2D eigenvalue weighted by Crippen LogP contribution is 2.23. The summed E-state index contributed by atoms with van der Waals surface area (Å²) in [4.78, 5) is 25.8. The number of piperidine rings is 1. The molecule has 1 atom stereocenters. The van der Waals surface area contributed by atoms with Crippen LogP contribution in [-0.4, -0.2) is 55.7 Å². The first-order chi connectivity index (χ1) is 15.9. The van der Waals surface area contributed by atoms with Gasteiger partial charge in [0.2, 0.25) is 15.9 Å². The van der Waals surface area contributed by atoms with Gasteiger partial charge in [-0.1, -0.05) is 42.8 Å². The number of nitrogens with one attached hydrogen (secondary N) is 2. The third-order valence-corrected chi connectivity index (χ3v) is 8.27. The minimum atomic E-state index is -3.62. The summed E-state index contributed by atoms with van der Waals surface area (Å²) in [6.07, 6.45) is 5.16. The van der Waals surface area contributed by atoms with Crippen molar-refractivity contribution in [1.82, 2.24) is 14.9 Å². The first-order valence-corrected chi connectivity index (χ1v) is 14.0. The SMILES string of the molecule is CSCCC(NC(=O)c1ccccc1)C(=O)NCc1ccccc1S(=O)(=O)N1CCCCC1. The third-order valence-electron chi connectivity index (χ3n) is 5.63. The summed E-state index contributed by atoms with van der Waals surface area (Å²) in [6.45, 7) is 1.11. The molecule has 1 unspecified atom stereocenters. The Bertz CT molecular complexity index is 1040. The topological polar surface area (TPSA) is 95.6 Å². The second kappa shape index (κ2) is 12.2. The van der Waals surface area contributed by atoms with E-state index in [-0.39, 0.29) is 23.3 Å². The van der Waals surface area contributed by atoms with Crippen LogP contribution in [0.3, 0.4) is 0 Å². The highest BCUT2D eigenvalue weighted by Gasteiger charge is 2.28. The second-order valence-corrected chi connectivity index (χ2v) is 10.9. The van der Waals surface area contributed by atoms with Gasteiger partial charge in [0.15, 0.2) is 0 Å². The van der Waals surface area contributed by atoms with Crippen molar-refractivity contribution in [2.45, 2.75) is 43.2 Å². The Kier molecular flexibility index (Phi) is 9.34. The molecule has 33 heavy (non-hydrogen) atoms. The summed E-state index contributed by atoms with van der Waals surface area (Å²) in [6, 6.07) is 14.8. The molecule has 0 saturated carbocycles. The third kappa shape index (κ3) is 6.82. The zero-order chi connectivity index (χ0) is 23.7. The Balaban J connectivity index is 1.70. The van der Waals surface area contributed by atoms with Crippen LogP contribution in [0.5, 0.6) is 0 Å². The average Bonchev–Trinajstić information content (AvgIpc) is 2.86. The summed E-state index contributed by atoms with van der Waals surface area (Å²) in [5, 5.41) is 5.64. The lowest BCUT2D eigenvalue weighted by atomic mass is 10.1. The Morgan fingerprint density at radius 3 is 2.36 bits per heavy atom. The van der Waals surface area contributed by atoms with Crippen LogP contribution < -0.4 is 10.6 Å². The standard InChI is InChI=1S/C24H31N3O4S2/c1-32-17-14-21(26-23(28)19-10-4-2-5-11-19)24(29)25-18-20-12-6-7-13-22(20)33(30,31)27-15-8-3-9-16-27/h2,4-7,10-13,21H,3,8-9,14-18H2,1H3,(H,25,29)(H,26,28). The van der Waals surface area contributed by atoms with Gasteiger partial charge in [-0.15, -0.1) is 0 Å². The van der Waals surface area contributed by atoms with Crippen molar-refractivity contribution in [2.24, 2.45) is 0 Å². The first-order valence-electron chi connectivity index (χ1n) is 11.1. The molecule has 178 valence electrons. The fourth-order valence-corrected chi connectivity index (χ4v) is 6.00. The van der Waals surface area contributed by atoms with E-state index in [4.69, 9.17) is 0 Å². The van der Waals surface area contributed by atoms with Crippen LogP contribution in [0.2, 0.25) is 0 Å². The van der Waals surface area contributed by atoms with Crippen LogP contribution in [0.25, 0.3) is 0 Å². The maximum atomic E-state index is 13.2. The fraction of sp³-hybridized carbons (Fsp3) is 0.417. The van der Waals surface area contributed by atoms with E-state index >= 15 is 0 Å². The Labute approximate surface area is 200 Å². The maximum absolute atomic E-state index is 13.2. The van der Waals surface area contributed by atoms with Gasteiger partial charge in [-0.2, -0.15) is 16.1 Å². The van der Waals surface area contributed by atoms with Crippen LogP contribution in [-0.2, 0) is 21.4 Å². The second-order valence-electron chi connectivity index (χ2n) is 7.96. The summed E-state index contributed by atoms with van der Waals surface area (Å²) < 4.78 is 27.9. The molecule has 1 saturated heterocycles. The molecule has 0 radical (unpaired) electrons. The van der Waals surface area contributed by atoms with Gasteiger partial charge in [-0.05, 0) is 55.0 Å². The number of benzene rings is 2. The molecule has 0 aliphatic carbocycles. The number of nitrogens with zero attached hydrogens (tertiary/aromatic N) is 1. The van der Waals surface area contributed by atoms with Gasteiger partial charge in [0.05, 0.1) is 4.90 Å². The number of carbonyl (C=O) groups excluding carboxylic acids is 2. The molecule has 1 heterocycles. The largest absolute Gasteiger partial charge is 0.350 e. The zero-order valence-electron chi connectivity index (χ0n) is 18.8. The van der Waals surface area contributed by atoms with E-state index in [9.17, 15) is 18.0 Å². The number of sulfonamides is 1. The van der Waals surface area contributed by atoms with Crippen LogP contribution >= 0.6 is 11.8 Å². The molecule has 7 nitrogen and oxygen atoms in total. The number of hydrogen-bond donors (Lipinski definition) is 2. The Morgan fingerprint density at radius 1 is 1.00 bits per heavy atom. The quantitative estimate of drug-likeness (QED) is 0.535. The molecule has 1 fully saturated rings. The number of hydrogen-bond acceptors (Lipinski definition) is 5. The van der Waals surface area contributed by atoms with E-state index in [1.54, 1.807) is 60.3 Å². The van der Waals surface area contributed by atoms with Crippen LogP contribution in [0.15, 0.2) is 59.5 Å². The molecule has 9 heteroatoms. The van der Waals surface area contributed by atoms with E-state index in [2.05, 4.69) is 10.6 Å². The molecule has 2 aromatic carbocycles. The molecule has 2 aromatic rings. The normalized spacial score (nSPS) is 15.5. The van der Waals surface area contributed by atoms with E-state index in [1.807, 2.05) is 12.3 Å². The predicted molar refractivity (Wildman–Crippen MR) is 132 cm³/mol. The number of carbonyl (C=O) groups is 2. The zero-order valence-corrected chi connectivity index (χ0v) is 20.5. The molecule has 1 aliphatic rings. The maximum Gasteiger partial charge on any atom is 0.251 e. The highest BCUT2D eigenvalue weighted by molar-refractivity contribution is 7.98. The molecule has 2 amide bonds. The van der Waals surface area contributed by atoms with Crippen LogP contribution in [0, 0.1) is 0 Å². The van der Waals surface area contributed by atoms with E-state index in [0.29, 0.717) is 36.4 Å². The molecular weight excluding hydrogens is 458 g/mol. The summed E-state index contributed by atoms with van der Waals surface area (Å²) >= 11 is 1.59.